The maximum absolute atomic E-state index is 12.6. The standard InChI is InChI=1S/C17H21N5O2S/c1-12(15(23)19-17(11-18)8-4-3-5-9-17)25-16-21-20-14(22(16)2)13-7-6-10-24-13/h6-7,10,12H,3-5,8-9H2,1-2H3,(H,19,23)/t12-/m1/s1. The Labute approximate surface area is 150 Å². The highest BCUT2D eigenvalue weighted by Gasteiger charge is 2.35. The first-order valence-corrected chi connectivity index (χ1v) is 9.26. The van der Waals surface area contributed by atoms with E-state index in [1.807, 2.05) is 20.0 Å². The monoisotopic (exact) mass is 359 g/mol. The van der Waals surface area contributed by atoms with Crippen LogP contribution in [0.25, 0.3) is 11.6 Å². The van der Waals surface area contributed by atoms with Gasteiger partial charge in [-0.25, -0.2) is 0 Å². The number of nitrogens with zero attached hydrogens (tertiary/aromatic N) is 4. The number of nitrogens with one attached hydrogen (secondary N) is 1. The Bertz CT molecular complexity index is 772. The van der Waals surface area contributed by atoms with E-state index in [0.29, 0.717) is 16.7 Å². The molecule has 2 aromatic heterocycles. The number of furan rings is 1. The Morgan fingerprint density at radius 3 is 2.84 bits per heavy atom. The van der Waals surface area contributed by atoms with Gasteiger partial charge in [-0.1, -0.05) is 31.0 Å². The number of rotatable bonds is 5. The van der Waals surface area contributed by atoms with Crippen molar-refractivity contribution in [3.63, 3.8) is 0 Å². The van der Waals surface area contributed by atoms with Crippen molar-refractivity contribution < 1.29 is 9.21 Å². The van der Waals surface area contributed by atoms with Gasteiger partial charge in [-0.2, -0.15) is 5.26 Å². The zero-order valence-electron chi connectivity index (χ0n) is 14.4. The molecule has 1 saturated carbocycles. The molecular formula is C17H21N5O2S. The molecule has 25 heavy (non-hydrogen) atoms. The van der Waals surface area contributed by atoms with Gasteiger partial charge in [-0.15, -0.1) is 10.2 Å². The number of hydrogen-bond donors (Lipinski definition) is 1. The molecule has 1 aliphatic rings. The summed E-state index contributed by atoms with van der Waals surface area (Å²) < 4.78 is 7.15. The molecule has 7 nitrogen and oxygen atoms in total. The van der Waals surface area contributed by atoms with E-state index in [9.17, 15) is 10.1 Å². The lowest BCUT2D eigenvalue weighted by Crippen LogP contribution is -2.50. The molecule has 0 aliphatic heterocycles. The average molecular weight is 359 g/mol. The van der Waals surface area contributed by atoms with Crippen LogP contribution in [0.15, 0.2) is 28.0 Å². The van der Waals surface area contributed by atoms with Crippen LogP contribution < -0.4 is 5.32 Å². The van der Waals surface area contributed by atoms with Crippen LogP contribution in [0, 0.1) is 11.3 Å². The van der Waals surface area contributed by atoms with Crippen LogP contribution in [0.5, 0.6) is 0 Å². The zero-order chi connectivity index (χ0) is 17.9. The molecule has 0 radical (unpaired) electrons. The first-order valence-electron chi connectivity index (χ1n) is 8.38. The van der Waals surface area contributed by atoms with Crippen LogP contribution in [0.2, 0.25) is 0 Å². The number of carbonyl (C=O) groups excluding carboxylic acids is 1. The molecule has 0 aromatic carbocycles. The summed E-state index contributed by atoms with van der Waals surface area (Å²) in [7, 11) is 1.84. The maximum atomic E-state index is 12.6. The van der Waals surface area contributed by atoms with Crippen molar-refractivity contribution in [3.8, 4) is 17.7 Å². The molecule has 1 aliphatic carbocycles. The summed E-state index contributed by atoms with van der Waals surface area (Å²) in [5, 5.41) is 21.0. The molecule has 2 aromatic rings. The van der Waals surface area contributed by atoms with Gasteiger partial charge in [-0.05, 0) is 31.9 Å². The average Bonchev–Trinajstić information content (AvgIpc) is 3.26. The van der Waals surface area contributed by atoms with Crippen LogP contribution in [-0.4, -0.2) is 31.5 Å². The van der Waals surface area contributed by atoms with E-state index in [1.165, 1.54) is 11.8 Å². The third kappa shape index (κ3) is 3.71. The summed E-state index contributed by atoms with van der Waals surface area (Å²) >= 11 is 1.32. The molecular weight excluding hydrogens is 338 g/mol. The van der Waals surface area contributed by atoms with E-state index in [4.69, 9.17) is 4.42 Å². The largest absolute Gasteiger partial charge is 0.461 e. The first-order chi connectivity index (χ1) is 12.0. The van der Waals surface area contributed by atoms with Crippen molar-refractivity contribution >= 4 is 17.7 Å². The van der Waals surface area contributed by atoms with Gasteiger partial charge in [0.2, 0.25) is 5.91 Å². The van der Waals surface area contributed by atoms with Gasteiger partial charge in [0, 0.05) is 7.05 Å². The normalized spacial score (nSPS) is 17.6. The number of thioether (sulfide) groups is 1. The van der Waals surface area contributed by atoms with Crippen molar-refractivity contribution in [1.82, 2.24) is 20.1 Å². The topological polar surface area (TPSA) is 96.7 Å². The molecule has 0 bridgehead atoms. The van der Waals surface area contributed by atoms with Crippen molar-refractivity contribution in [2.75, 3.05) is 0 Å². The molecule has 0 unspecified atom stereocenters. The predicted molar refractivity (Wildman–Crippen MR) is 93.6 cm³/mol. The molecule has 8 heteroatoms. The fraction of sp³-hybridized carbons (Fsp3) is 0.529. The molecule has 1 fully saturated rings. The van der Waals surface area contributed by atoms with E-state index >= 15 is 0 Å². The van der Waals surface area contributed by atoms with Crippen LogP contribution in [-0.2, 0) is 11.8 Å². The van der Waals surface area contributed by atoms with Crippen molar-refractivity contribution in [1.29, 1.82) is 5.26 Å². The summed E-state index contributed by atoms with van der Waals surface area (Å²) in [5.41, 5.74) is -0.719. The molecule has 1 atom stereocenters. The van der Waals surface area contributed by atoms with E-state index in [1.54, 1.807) is 16.9 Å². The van der Waals surface area contributed by atoms with Gasteiger partial charge in [0.1, 0.15) is 5.54 Å². The second kappa shape index (κ2) is 7.31. The van der Waals surface area contributed by atoms with Crippen molar-refractivity contribution in [3.05, 3.63) is 18.4 Å². The molecule has 0 saturated heterocycles. The van der Waals surface area contributed by atoms with Gasteiger partial charge in [-0.3, -0.25) is 4.79 Å². The Hall–Kier alpha value is -2.27. The minimum Gasteiger partial charge on any atom is -0.461 e. The Morgan fingerprint density at radius 1 is 1.44 bits per heavy atom. The van der Waals surface area contributed by atoms with E-state index < -0.39 is 5.54 Å². The lowest BCUT2D eigenvalue weighted by molar-refractivity contribution is -0.121. The van der Waals surface area contributed by atoms with Crippen LogP contribution >= 0.6 is 11.8 Å². The van der Waals surface area contributed by atoms with Gasteiger partial charge in [0.25, 0.3) is 0 Å². The van der Waals surface area contributed by atoms with Gasteiger partial charge < -0.3 is 14.3 Å². The highest BCUT2D eigenvalue weighted by atomic mass is 32.2. The van der Waals surface area contributed by atoms with E-state index in [0.717, 1.165) is 32.1 Å². The van der Waals surface area contributed by atoms with Gasteiger partial charge >= 0.3 is 0 Å². The van der Waals surface area contributed by atoms with E-state index in [-0.39, 0.29) is 11.2 Å². The predicted octanol–water partition coefficient (Wildman–Crippen LogP) is 2.90. The summed E-state index contributed by atoms with van der Waals surface area (Å²) in [6, 6.07) is 5.92. The summed E-state index contributed by atoms with van der Waals surface area (Å²) in [6.07, 6.45) is 6.10. The lowest BCUT2D eigenvalue weighted by Gasteiger charge is -2.32. The van der Waals surface area contributed by atoms with Crippen molar-refractivity contribution in [2.24, 2.45) is 7.05 Å². The number of amides is 1. The summed E-state index contributed by atoms with van der Waals surface area (Å²) in [6.45, 7) is 1.81. The molecule has 3 rings (SSSR count). The number of aromatic nitrogens is 3. The zero-order valence-corrected chi connectivity index (χ0v) is 15.2. The molecule has 0 spiro atoms. The summed E-state index contributed by atoms with van der Waals surface area (Å²) in [5.74, 6) is 1.10. The molecule has 132 valence electrons. The SMILES string of the molecule is C[C@@H](Sc1nnc(-c2ccco2)n1C)C(=O)NC1(C#N)CCCCC1. The first kappa shape index (κ1) is 17.5. The highest BCUT2D eigenvalue weighted by Crippen LogP contribution is 2.30. The minimum atomic E-state index is -0.719. The molecule has 1 N–H and O–H groups in total. The van der Waals surface area contributed by atoms with E-state index in [2.05, 4.69) is 21.6 Å². The highest BCUT2D eigenvalue weighted by molar-refractivity contribution is 8.00. The number of carbonyl (C=O) groups is 1. The van der Waals surface area contributed by atoms with Crippen molar-refractivity contribution in [2.45, 2.75) is 55.0 Å². The Kier molecular flexibility index (Phi) is 5.13. The fourth-order valence-electron chi connectivity index (χ4n) is 3.01. The van der Waals surface area contributed by atoms with Gasteiger partial charge in [0.05, 0.1) is 17.6 Å². The number of nitriles is 1. The van der Waals surface area contributed by atoms with Crippen LogP contribution in [0.3, 0.4) is 0 Å². The second-order valence-corrected chi connectivity index (χ2v) is 7.65. The third-order valence-corrected chi connectivity index (χ3v) is 5.65. The third-order valence-electron chi connectivity index (χ3n) is 4.51. The Morgan fingerprint density at radius 2 is 2.20 bits per heavy atom. The van der Waals surface area contributed by atoms with Gasteiger partial charge in [0.15, 0.2) is 16.7 Å². The Balaban J connectivity index is 1.67. The second-order valence-electron chi connectivity index (χ2n) is 6.35. The molecule has 2 heterocycles. The minimum absolute atomic E-state index is 0.143. The fourth-order valence-corrected chi connectivity index (χ4v) is 3.82. The van der Waals surface area contributed by atoms with Crippen LogP contribution in [0.1, 0.15) is 39.0 Å². The quantitative estimate of drug-likeness (QED) is 0.825. The summed E-state index contributed by atoms with van der Waals surface area (Å²) in [4.78, 5) is 12.6. The van der Waals surface area contributed by atoms with Crippen LogP contribution in [0.4, 0.5) is 0 Å². The smallest absolute Gasteiger partial charge is 0.234 e. The lowest BCUT2D eigenvalue weighted by atomic mass is 9.83. The molecule has 1 amide bonds. The maximum Gasteiger partial charge on any atom is 0.234 e. The number of hydrogen-bond acceptors (Lipinski definition) is 6.